The molecule has 0 unspecified atom stereocenters. The fourth-order valence-electron chi connectivity index (χ4n) is 3.01. The van der Waals surface area contributed by atoms with E-state index in [4.69, 9.17) is 4.74 Å². The molecule has 120 valence electrons. The summed E-state index contributed by atoms with van der Waals surface area (Å²) in [4.78, 5) is 12.4. The minimum atomic E-state index is -0.0485. The molecule has 0 spiro atoms. The van der Waals surface area contributed by atoms with Crippen molar-refractivity contribution in [3.8, 4) is 0 Å². The van der Waals surface area contributed by atoms with Crippen molar-refractivity contribution in [3.05, 3.63) is 34.6 Å². The highest BCUT2D eigenvalue weighted by molar-refractivity contribution is 7.99. The minimum absolute atomic E-state index is 0.0485. The quantitative estimate of drug-likeness (QED) is 0.689. The van der Waals surface area contributed by atoms with Crippen LogP contribution in [0.25, 0.3) is 16.7 Å². The summed E-state index contributed by atoms with van der Waals surface area (Å²) in [5.74, 6) is 1.43. The molecule has 1 aliphatic rings. The molecule has 1 fully saturated rings. The van der Waals surface area contributed by atoms with Crippen LogP contribution in [0.1, 0.15) is 19.3 Å². The number of hydrogen-bond acceptors (Lipinski definition) is 5. The van der Waals surface area contributed by atoms with Crippen LogP contribution in [0.5, 0.6) is 0 Å². The van der Waals surface area contributed by atoms with E-state index >= 15 is 0 Å². The third kappa shape index (κ3) is 2.53. The summed E-state index contributed by atoms with van der Waals surface area (Å²) in [6, 6.07) is 7.59. The van der Waals surface area contributed by atoms with Gasteiger partial charge in [-0.2, -0.15) is 0 Å². The van der Waals surface area contributed by atoms with Crippen LogP contribution in [0.4, 0.5) is 0 Å². The number of nitrogens with zero attached hydrogens (tertiary/aromatic N) is 4. The van der Waals surface area contributed by atoms with E-state index in [-0.39, 0.29) is 11.7 Å². The molecular formula is C16H18N4O2S. The zero-order valence-electron chi connectivity index (χ0n) is 12.9. The van der Waals surface area contributed by atoms with E-state index in [0.717, 1.165) is 35.9 Å². The number of aryl methyl sites for hydroxylation is 1. The average molecular weight is 330 g/mol. The van der Waals surface area contributed by atoms with Gasteiger partial charge in [0.1, 0.15) is 0 Å². The largest absolute Gasteiger partial charge is 0.377 e. The number of aromatic nitrogens is 4. The smallest absolute Gasteiger partial charge is 0.262 e. The molecule has 3 aromatic rings. The summed E-state index contributed by atoms with van der Waals surface area (Å²) >= 11 is 1.64. The molecule has 0 N–H and O–H groups in total. The predicted octanol–water partition coefficient (Wildman–Crippen LogP) is 2.24. The van der Waals surface area contributed by atoms with Gasteiger partial charge in [0.25, 0.3) is 5.56 Å². The zero-order chi connectivity index (χ0) is 15.8. The highest BCUT2D eigenvalue weighted by atomic mass is 32.2. The number of fused-ring (bicyclic) bond motifs is 3. The third-order valence-electron chi connectivity index (χ3n) is 4.27. The molecule has 4 rings (SSSR count). The molecule has 0 saturated carbocycles. The van der Waals surface area contributed by atoms with E-state index in [9.17, 15) is 4.79 Å². The van der Waals surface area contributed by atoms with Crippen LogP contribution in [-0.2, 0) is 11.8 Å². The minimum Gasteiger partial charge on any atom is -0.377 e. The summed E-state index contributed by atoms with van der Waals surface area (Å²) in [5, 5.41) is 9.98. The van der Waals surface area contributed by atoms with Crippen molar-refractivity contribution in [2.45, 2.75) is 30.5 Å². The number of para-hydroxylation sites is 1. The van der Waals surface area contributed by atoms with Crippen LogP contribution in [0.15, 0.2) is 34.2 Å². The van der Waals surface area contributed by atoms with Crippen molar-refractivity contribution in [2.24, 2.45) is 7.05 Å². The summed E-state index contributed by atoms with van der Waals surface area (Å²) in [5.41, 5.74) is 0.801. The fraction of sp³-hybridized carbons (Fsp3) is 0.438. The molecule has 1 aliphatic heterocycles. The van der Waals surface area contributed by atoms with Crippen LogP contribution < -0.4 is 5.56 Å². The van der Waals surface area contributed by atoms with Gasteiger partial charge < -0.3 is 4.74 Å². The van der Waals surface area contributed by atoms with Crippen LogP contribution in [0, 0.1) is 0 Å². The van der Waals surface area contributed by atoms with Gasteiger partial charge >= 0.3 is 0 Å². The fourth-order valence-corrected chi connectivity index (χ4v) is 4.02. The lowest BCUT2D eigenvalue weighted by Gasteiger charge is -2.21. The van der Waals surface area contributed by atoms with E-state index in [1.807, 2.05) is 28.7 Å². The number of hydrogen-bond donors (Lipinski definition) is 0. The summed E-state index contributed by atoms with van der Waals surface area (Å²) in [6.07, 6.45) is 3.76. The molecule has 0 amide bonds. The van der Waals surface area contributed by atoms with E-state index in [2.05, 4.69) is 10.2 Å². The Hall–Kier alpha value is -1.86. The number of rotatable bonds is 3. The molecule has 6 nitrogen and oxygen atoms in total. The molecule has 0 radical (unpaired) electrons. The van der Waals surface area contributed by atoms with Gasteiger partial charge in [-0.1, -0.05) is 23.9 Å². The molecule has 23 heavy (non-hydrogen) atoms. The number of ether oxygens (including phenoxy) is 1. The summed E-state index contributed by atoms with van der Waals surface area (Å²) < 4.78 is 9.30. The second-order valence-electron chi connectivity index (χ2n) is 5.80. The van der Waals surface area contributed by atoms with Gasteiger partial charge in [0.15, 0.2) is 5.16 Å². The van der Waals surface area contributed by atoms with Crippen molar-refractivity contribution >= 4 is 28.4 Å². The Bertz CT molecular complexity index is 911. The van der Waals surface area contributed by atoms with Crippen molar-refractivity contribution in [1.29, 1.82) is 0 Å². The second-order valence-corrected chi connectivity index (χ2v) is 6.79. The van der Waals surface area contributed by atoms with Crippen molar-refractivity contribution in [3.63, 3.8) is 0 Å². The normalized spacial score (nSPS) is 18.7. The maximum absolute atomic E-state index is 12.4. The molecule has 3 heterocycles. The monoisotopic (exact) mass is 330 g/mol. The van der Waals surface area contributed by atoms with Gasteiger partial charge in [0.05, 0.1) is 17.0 Å². The van der Waals surface area contributed by atoms with Crippen LogP contribution in [0.3, 0.4) is 0 Å². The lowest BCUT2D eigenvalue weighted by atomic mass is 10.1. The maximum Gasteiger partial charge on any atom is 0.262 e. The van der Waals surface area contributed by atoms with E-state index in [1.54, 1.807) is 23.4 Å². The molecular weight excluding hydrogens is 312 g/mol. The Balaban J connectivity index is 1.77. The van der Waals surface area contributed by atoms with Gasteiger partial charge in [-0.25, -0.2) is 0 Å². The first-order valence-corrected chi connectivity index (χ1v) is 8.81. The van der Waals surface area contributed by atoms with Crippen molar-refractivity contribution in [1.82, 2.24) is 19.2 Å². The zero-order valence-corrected chi connectivity index (χ0v) is 13.8. The first-order chi connectivity index (χ1) is 11.3. The van der Waals surface area contributed by atoms with Gasteiger partial charge in [-0.15, -0.1) is 10.2 Å². The molecule has 1 atom stereocenters. The SMILES string of the molecule is Cn1c(=O)c2ccccc2n2c(SC[C@H]3CCCCO3)nnc12. The molecule has 7 heteroatoms. The van der Waals surface area contributed by atoms with Gasteiger partial charge in [0.2, 0.25) is 5.78 Å². The first kappa shape index (κ1) is 14.7. The topological polar surface area (TPSA) is 61.4 Å². The van der Waals surface area contributed by atoms with Crippen molar-refractivity contribution in [2.75, 3.05) is 12.4 Å². The summed E-state index contributed by atoms with van der Waals surface area (Å²) in [7, 11) is 1.73. The average Bonchev–Trinajstić information content (AvgIpc) is 3.03. The Kier molecular flexibility index (Phi) is 3.82. The number of thioether (sulfide) groups is 1. The predicted molar refractivity (Wildman–Crippen MR) is 90.0 cm³/mol. The van der Waals surface area contributed by atoms with Crippen LogP contribution in [0.2, 0.25) is 0 Å². The van der Waals surface area contributed by atoms with E-state index in [0.29, 0.717) is 11.2 Å². The molecule has 0 bridgehead atoms. The van der Waals surface area contributed by atoms with Gasteiger partial charge in [-0.05, 0) is 31.4 Å². The van der Waals surface area contributed by atoms with Crippen LogP contribution >= 0.6 is 11.8 Å². The second kappa shape index (κ2) is 5.98. The Morgan fingerprint density at radius 2 is 2.17 bits per heavy atom. The lowest BCUT2D eigenvalue weighted by Crippen LogP contribution is -2.22. The Morgan fingerprint density at radius 1 is 1.30 bits per heavy atom. The van der Waals surface area contributed by atoms with E-state index < -0.39 is 0 Å². The van der Waals surface area contributed by atoms with Gasteiger partial charge in [-0.3, -0.25) is 13.8 Å². The summed E-state index contributed by atoms with van der Waals surface area (Å²) in [6.45, 7) is 0.850. The molecule has 0 aliphatic carbocycles. The highest BCUT2D eigenvalue weighted by Gasteiger charge is 2.18. The Morgan fingerprint density at radius 3 is 3.00 bits per heavy atom. The van der Waals surface area contributed by atoms with Crippen LogP contribution in [-0.4, -0.2) is 37.6 Å². The number of benzene rings is 1. The lowest BCUT2D eigenvalue weighted by molar-refractivity contribution is 0.0315. The molecule has 2 aromatic heterocycles. The first-order valence-electron chi connectivity index (χ1n) is 7.83. The molecule has 1 saturated heterocycles. The van der Waals surface area contributed by atoms with Gasteiger partial charge in [0, 0.05) is 19.4 Å². The van der Waals surface area contributed by atoms with Crippen molar-refractivity contribution < 1.29 is 4.74 Å². The standard InChI is InChI=1S/C16H18N4O2S/c1-19-14(21)12-7-2-3-8-13(12)20-15(19)17-18-16(20)23-10-11-6-4-5-9-22-11/h2-3,7-8,11H,4-6,9-10H2,1H3/t11-/m1/s1. The highest BCUT2D eigenvalue weighted by Crippen LogP contribution is 2.24. The Labute approximate surface area is 137 Å². The third-order valence-corrected chi connectivity index (χ3v) is 5.33. The maximum atomic E-state index is 12.4. The van der Waals surface area contributed by atoms with E-state index in [1.165, 1.54) is 6.42 Å². The molecule has 1 aromatic carbocycles.